The Labute approximate surface area is 182 Å². The fourth-order valence-corrected chi connectivity index (χ4v) is 3.76. The first-order chi connectivity index (χ1) is 13.7. The van der Waals surface area contributed by atoms with Gasteiger partial charge >= 0.3 is 0 Å². The monoisotopic (exact) mass is 458 g/mol. The maximum Gasteiger partial charge on any atom is 0.242 e. The summed E-state index contributed by atoms with van der Waals surface area (Å²) in [5.74, 6) is 0.181. The van der Waals surface area contributed by atoms with Gasteiger partial charge in [0.2, 0.25) is 11.8 Å². The molecule has 0 heterocycles. The maximum atomic E-state index is 13.2. The van der Waals surface area contributed by atoms with Crippen LogP contribution in [0, 0.1) is 19.8 Å². The molecule has 0 spiro atoms. The lowest BCUT2D eigenvalue weighted by Crippen LogP contribution is -2.48. The van der Waals surface area contributed by atoms with Crippen molar-refractivity contribution < 1.29 is 9.59 Å². The number of aryl methyl sites for hydroxylation is 2. The molecule has 4 nitrogen and oxygen atoms in total. The molecule has 2 aromatic rings. The Hall–Kier alpha value is -2.14. The van der Waals surface area contributed by atoms with Gasteiger partial charge in [0.15, 0.2) is 0 Å². The fourth-order valence-electron chi connectivity index (χ4n) is 3.31. The Kier molecular flexibility index (Phi) is 8.45. The summed E-state index contributed by atoms with van der Waals surface area (Å²) in [6, 6.07) is 13.5. The molecule has 5 heteroatoms. The predicted molar refractivity (Wildman–Crippen MR) is 122 cm³/mol. The van der Waals surface area contributed by atoms with E-state index in [1.165, 1.54) is 0 Å². The molecule has 0 bridgehead atoms. The minimum Gasteiger partial charge on any atom is -0.354 e. The van der Waals surface area contributed by atoms with Crippen LogP contribution in [-0.4, -0.2) is 29.3 Å². The summed E-state index contributed by atoms with van der Waals surface area (Å²) in [6.07, 6.45) is 0.276. The van der Waals surface area contributed by atoms with Gasteiger partial charge in [-0.25, -0.2) is 0 Å². The van der Waals surface area contributed by atoms with Crippen LogP contribution in [-0.2, 0) is 22.6 Å². The molecule has 0 aliphatic carbocycles. The van der Waals surface area contributed by atoms with Crippen LogP contribution in [0.2, 0.25) is 0 Å². The van der Waals surface area contributed by atoms with Crippen molar-refractivity contribution in [2.75, 3.05) is 6.54 Å². The van der Waals surface area contributed by atoms with Gasteiger partial charge in [0.1, 0.15) is 6.04 Å². The number of halogens is 1. The highest BCUT2D eigenvalue weighted by Crippen LogP contribution is 2.17. The Morgan fingerprint density at radius 2 is 1.66 bits per heavy atom. The third kappa shape index (κ3) is 7.32. The van der Waals surface area contributed by atoms with Crippen LogP contribution in [0.3, 0.4) is 0 Å². The van der Waals surface area contributed by atoms with Gasteiger partial charge in [0, 0.05) is 17.6 Å². The van der Waals surface area contributed by atoms with Crippen molar-refractivity contribution in [2.24, 2.45) is 5.92 Å². The molecule has 29 heavy (non-hydrogen) atoms. The van der Waals surface area contributed by atoms with E-state index in [9.17, 15) is 9.59 Å². The molecule has 0 unspecified atom stereocenters. The van der Waals surface area contributed by atoms with E-state index < -0.39 is 6.04 Å². The lowest BCUT2D eigenvalue weighted by Gasteiger charge is -2.29. The summed E-state index contributed by atoms with van der Waals surface area (Å²) >= 11 is 3.48. The van der Waals surface area contributed by atoms with Crippen LogP contribution < -0.4 is 5.32 Å². The zero-order valence-electron chi connectivity index (χ0n) is 18.0. The summed E-state index contributed by atoms with van der Waals surface area (Å²) in [5.41, 5.74) is 4.22. The van der Waals surface area contributed by atoms with Crippen LogP contribution in [0.25, 0.3) is 0 Å². The number of carbonyl (C=O) groups is 2. The molecule has 0 aromatic heterocycles. The first-order valence-corrected chi connectivity index (χ1v) is 10.8. The standard InChI is InChI=1S/C24H31BrN2O2/c1-16(2)14-26-24(29)19(5)27(15-20-7-6-8-22(25)12-20)23(28)13-21-10-17(3)9-18(4)11-21/h6-12,16,19H,13-15H2,1-5H3,(H,26,29)/t19-/m0/s1. The summed E-state index contributed by atoms with van der Waals surface area (Å²) < 4.78 is 0.952. The van der Waals surface area contributed by atoms with Crippen molar-refractivity contribution in [3.05, 3.63) is 69.2 Å². The smallest absolute Gasteiger partial charge is 0.242 e. The number of nitrogens with zero attached hydrogens (tertiary/aromatic N) is 1. The van der Waals surface area contributed by atoms with Crippen LogP contribution in [0.1, 0.15) is 43.0 Å². The fraction of sp³-hybridized carbons (Fsp3) is 0.417. The molecule has 1 N–H and O–H groups in total. The normalized spacial score (nSPS) is 12.0. The Morgan fingerprint density at radius 3 is 2.24 bits per heavy atom. The predicted octanol–water partition coefficient (Wildman–Crippen LogP) is 4.80. The minimum atomic E-state index is -0.550. The maximum absolute atomic E-state index is 13.2. The SMILES string of the molecule is Cc1cc(C)cc(CC(=O)N(Cc2cccc(Br)c2)[C@@H](C)C(=O)NCC(C)C)c1. The number of hydrogen-bond donors (Lipinski definition) is 1. The van der Waals surface area contributed by atoms with Gasteiger partial charge in [-0.15, -0.1) is 0 Å². The van der Waals surface area contributed by atoms with Crippen LogP contribution in [0.15, 0.2) is 46.9 Å². The second-order valence-corrected chi connectivity index (χ2v) is 9.05. The summed E-state index contributed by atoms with van der Waals surface area (Å²) in [5, 5.41) is 2.95. The van der Waals surface area contributed by atoms with Gasteiger partial charge < -0.3 is 10.2 Å². The molecular weight excluding hydrogens is 428 g/mol. The van der Waals surface area contributed by atoms with E-state index in [-0.39, 0.29) is 18.2 Å². The highest BCUT2D eigenvalue weighted by molar-refractivity contribution is 9.10. The van der Waals surface area contributed by atoms with Crippen LogP contribution >= 0.6 is 15.9 Å². The van der Waals surface area contributed by atoms with Gasteiger partial charge in [-0.2, -0.15) is 0 Å². The quantitative estimate of drug-likeness (QED) is 0.617. The van der Waals surface area contributed by atoms with Gasteiger partial charge in [-0.3, -0.25) is 9.59 Å². The highest BCUT2D eigenvalue weighted by Gasteiger charge is 2.26. The van der Waals surface area contributed by atoms with Crippen LogP contribution in [0.5, 0.6) is 0 Å². The lowest BCUT2D eigenvalue weighted by atomic mass is 10.0. The van der Waals surface area contributed by atoms with Crippen molar-refractivity contribution in [3.8, 4) is 0 Å². The average Bonchev–Trinajstić information content (AvgIpc) is 2.62. The van der Waals surface area contributed by atoms with E-state index >= 15 is 0 Å². The molecule has 2 amide bonds. The van der Waals surface area contributed by atoms with E-state index in [4.69, 9.17) is 0 Å². The molecule has 2 rings (SSSR count). The summed E-state index contributed by atoms with van der Waals surface area (Å²) in [7, 11) is 0. The molecule has 0 aliphatic rings. The molecule has 0 radical (unpaired) electrons. The second-order valence-electron chi connectivity index (χ2n) is 8.14. The molecule has 1 atom stereocenters. The van der Waals surface area contributed by atoms with E-state index in [1.54, 1.807) is 11.8 Å². The number of benzene rings is 2. The largest absolute Gasteiger partial charge is 0.354 e. The molecule has 2 aromatic carbocycles. The van der Waals surface area contributed by atoms with Crippen molar-refractivity contribution in [2.45, 2.75) is 53.6 Å². The zero-order chi connectivity index (χ0) is 21.6. The molecule has 156 valence electrons. The second kappa shape index (κ2) is 10.6. The average molecular weight is 459 g/mol. The Morgan fingerprint density at radius 1 is 1.00 bits per heavy atom. The van der Waals surface area contributed by atoms with Crippen molar-refractivity contribution >= 4 is 27.7 Å². The van der Waals surface area contributed by atoms with E-state index in [0.29, 0.717) is 19.0 Å². The number of nitrogens with one attached hydrogen (secondary N) is 1. The third-order valence-corrected chi connectivity index (χ3v) is 5.22. The Bertz CT molecular complexity index is 843. The summed E-state index contributed by atoms with van der Waals surface area (Å²) in [6.45, 7) is 10.9. The molecular formula is C24H31BrN2O2. The van der Waals surface area contributed by atoms with Gasteiger partial charge in [0.25, 0.3) is 0 Å². The number of hydrogen-bond acceptors (Lipinski definition) is 2. The molecule has 0 saturated heterocycles. The van der Waals surface area contributed by atoms with Crippen LogP contribution in [0.4, 0.5) is 0 Å². The molecule has 0 fully saturated rings. The van der Waals surface area contributed by atoms with Crippen molar-refractivity contribution in [1.29, 1.82) is 0 Å². The topological polar surface area (TPSA) is 49.4 Å². The molecule has 0 aliphatic heterocycles. The lowest BCUT2D eigenvalue weighted by molar-refractivity contribution is -0.140. The highest BCUT2D eigenvalue weighted by atomic mass is 79.9. The van der Waals surface area contributed by atoms with Crippen molar-refractivity contribution in [3.63, 3.8) is 0 Å². The molecule has 0 saturated carbocycles. The van der Waals surface area contributed by atoms with Gasteiger partial charge in [-0.05, 0) is 49.9 Å². The zero-order valence-corrected chi connectivity index (χ0v) is 19.5. The van der Waals surface area contributed by atoms with Gasteiger partial charge in [0.05, 0.1) is 6.42 Å². The van der Waals surface area contributed by atoms with Crippen molar-refractivity contribution in [1.82, 2.24) is 10.2 Å². The number of carbonyl (C=O) groups excluding carboxylic acids is 2. The first-order valence-electron chi connectivity index (χ1n) is 10.0. The van der Waals surface area contributed by atoms with Gasteiger partial charge in [-0.1, -0.05) is 71.2 Å². The number of rotatable bonds is 8. The van der Waals surface area contributed by atoms with E-state index in [1.807, 2.05) is 50.2 Å². The number of amides is 2. The van der Waals surface area contributed by atoms with E-state index in [2.05, 4.69) is 41.2 Å². The third-order valence-electron chi connectivity index (χ3n) is 4.73. The van der Waals surface area contributed by atoms with E-state index in [0.717, 1.165) is 26.7 Å². The Balaban J connectivity index is 2.24. The minimum absolute atomic E-state index is 0.0535. The first kappa shape index (κ1) is 23.1. The summed E-state index contributed by atoms with van der Waals surface area (Å²) in [4.78, 5) is 27.6.